The van der Waals surface area contributed by atoms with Crippen LogP contribution >= 0.6 is 0 Å². The summed E-state index contributed by atoms with van der Waals surface area (Å²) in [6.45, 7) is 3.78. The third-order valence-electron chi connectivity index (χ3n) is 3.18. The second kappa shape index (κ2) is 2.25. The molecular formula is C10H14N2O. The number of rotatable bonds is 2. The zero-order valence-electron chi connectivity index (χ0n) is 8.05. The summed E-state index contributed by atoms with van der Waals surface area (Å²) >= 11 is 0. The average molecular weight is 178 g/mol. The van der Waals surface area contributed by atoms with Crippen molar-refractivity contribution in [3.63, 3.8) is 0 Å². The molecule has 1 N–H and O–H groups in total. The molecule has 1 amide bonds. The van der Waals surface area contributed by atoms with Crippen LogP contribution in [0.15, 0.2) is 0 Å². The molecule has 3 heteroatoms. The third kappa shape index (κ3) is 1.05. The van der Waals surface area contributed by atoms with Gasteiger partial charge in [0.05, 0.1) is 11.5 Å². The zero-order valence-corrected chi connectivity index (χ0v) is 8.05. The van der Waals surface area contributed by atoms with Gasteiger partial charge in [0, 0.05) is 11.5 Å². The number of carbonyl (C=O) groups excluding carboxylic acids is 1. The molecule has 2 bridgehead atoms. The predicted octanol–water partition coefficient (Wildman–Crippen LogP) is 1.20. The lowest BCUT2D eigenvalue weighted by Gasteiger charge is -2.67. The first-order chi connectivity index (χ1) is 6.01. The molecule has 3 nitrogen and oxygen atoms in total. The SMILES string of the molecule is CC(C)C(=O)NC12CC(C#N)(C1)C2. The quantitative estimate of drug-likeness (QED) is 0.690. The number of nitrogens with zero attached hydrogens (tertiary/aromatic N) is 1. The van der Waals surface area contributed by atoms with Gasteiger partial charge in [-0.15, -0.1) is 0 Å². The minimum atomic E-state index is -0.0652. The van der Waals surface area contributed by atoms with E-state index in [9.17, 15) is 4.79 Å². The molecule has 0 atom stereocenters. The van der Waals surface area contributed by atoms with Gasteiger partial charge < -0.3 is 5.32 Å². The average Bonchev–Trinajstić information content (AvgIpc) is 1.92. The van der Waals surface area contributed by atoms with E-state index in [2.05, 4.69) is 11.4 Å². The summed E-state index contributed by atoms with van der Waals surface area (Å²) in [6.07, 6.45) is 2.61. The van der Waals surface area contributed by atoms with Crippen molar-refractivity contribution < 1.29 is 4.79 Å². The Morgan fingerprint density at radius 2 is 2.00 bits per heavy atom. The summed E-state index contributed by atoms with van der Waals surface area (Å²) < 4.78 is 0. The van der Waals surface area contributed by atoms with E-state index in [1.54, 1.807) is 0 Å². The topological polar surface area (TPSA) is 52.9 Å². The molecule has 0 aromatic carbocycles. The maximum Gasteiger partial charge on any atom is 0.222 e. The summed E-state index contributed by atoms with van der Waals surface area (Å²) in [5.74, 6) is 0.165. The van der Waals surface area contributed by atoms with E-state index in [1.807, 2.05) is 13.8 Å². The summed E-state index contributed by atoms with van der Waals surface area (Å²) in [7, 11) is 0. The van der Waals surface area contributed by atoms with Gasteiger partial charge in [0.25, 0.3) is 0 Å². The highest BCUT2D eigenvalue weighted by Crippen LogP contribution is 2.66. The maximum atomic E-state index is 11.4. The summed E-state index contributed by atoms with van der Waals surface area (Å²) in [6, 6.07) is 2.32. The van der Waals surface area contributed by atoms with Crippen molar-refractivity contribution in [1.82, 2.24) is 5.32 Å². The van der Waals surface area contributed by atoms with Crippen LogP contribution in [0, 0.1) is 22.7 Å². The Labute approximate surface area is 78.1 Å². The second-order valence-corrected chi connectivity index (χ2v) is 4.85. The van der Waals surface area contributed by atoms with Gasteiger partial charge in [-0.05, 0) is 19.3 Å². The Morgan fingerprint density at radius 3 is 2.38 bits per heavy atom. The largest absolute Gasteiger partial charge is 0.350 e. The van der Waals surface area contributed by atoms with Gasteiger partial charge in [-0.1, -0.05) is 13.8 Å². The molecule has 0 aromatic heterocycles. The lowest BCUT2D eigenvalue weighted by Crippen LogP contribution is -2.74. The molecule has 0 saturated heterocycles. The van der Waals surface area contributed by atoms with Gasteiger partial charge in [-0.3, -0.25) is 4.79 Å². The molecule has 3 aliphatic carbocycles. The number of amides is 1. The first kappa shape index (κ1) is 8.55. The van der Waals surface area contributed by atoms with Crippen molar-refractivity contribution in [3.05, 3.63) is 0 Å². The molecule has 3 saturated carbocycles. The Bertz CT molecular complexity index is 281. The van der Waals surface area contributed by atoms with Gasteiger partial charge >= 0.3 is 0 Å². The molecule has 70 valence electrons. The Balaban J connectivity index is 1.89. The van der Waals surface area contributed by atoms with E-state index in [4.69, 9.17) is 5.26 Å². The van der Waals surface area contributed by atoms with Crippen molar-refractivity contribution in [3.8, 4) is 6.07 Å². The summed E-state index contributed by atoms with van der Waals surface area (Å²) in [5, 5.41) is 11.8. The fourth-order valence-corrected chi connectivity index (χ4v) is 2.44. The fraction of sp³-hybridized carbons (Fsp3) is 0.800. The van der Waals surface area contributed by atoms with Crippen molar-refractivity contribution in [2.45, 2.75) is 38.6 Å². The standard InChI is InChI=1S/C10H14N2O/c1-7(2)8(13)12-10-3-9(4-10,5-10)6-11/h7H,3-5H2,1-2H3,(H,12,13). The van der Waals surface area contributed by atoms with Crippen LogP contribution in [-0.2, 0) is 4.79 Å². The van der Waals surface area contributed by atoms with Crippen LogP contribution in [0.2, 0.25) is 0 Å². The van der Waals surface area contributed by atoms with Crippen LogP contribution in [0.25, 0.3) is 0 Å². The van der Waals surface area contributed by atoms with E-state index in [0.29, 0.717) is 0 Å². The molecule has 0 unspecified atom stereocenters. The predicted molar refractivity (Wildman–Crippen MR) is 47.6 cm³/mol. The first-order valence-corrected chi connectivity index (χ1v) is 4.74. The van der Waals surface area contributed by atoms with E-state index in [0.717, 1.165) is 19.3 Å². The Kier molecular flexibility index (Phi) is 1.48. The van der Waals surface area contributed by atoms with Crippen molar-refractivity contribution in [2.75, 3.05) is 0 Å². The molecular weight excluding hydrogens is 164 g/mol. The molecule has 13 heavy (non-hydrogen) atoms. The molecule has 3 rings (SSSR count). The van der Waals surface area contributed by atoms with E-state index in [-0.39, 0.29) is 22.8 Å². The van der Waals surface area contributed by atoms with Crippen LogP contribution in [-0.4, -0.2) is 11.4 Å². The van der Waals surface area contributed by atoms with Gasteiger partial charge in [0.15, 0.2) is 0 Å². The molecule has 3 aliphatic rings. The van der Waals surface area contributed by atoms with E-state index in [1.165, 1.54) is 0 Å². The normalized spacial score (nSPS) is 40.2. The van der Waals surface area contributed by atoms with Gasteiger partial charge in [-0.25, -0.2) is 0 Å². The number of nitriles is 1. The van der Waals surface area contributed by atoms with Crippen LogP contribution < -0.4 is 5.32 Å². The number of carbonyl (C=O) groups is 1. The maximum absolute atomic E-state index is 11.4. The van der Waals surface area contributed by atoms with Crippen molar-refractivity contribution >= 4 is 5.91 Å². The minimum Gasteiger partial charge on any atom is -0.350 e. The molecule has 0 radical (unpaired) electrons. The second-order valence-electron chi connectivity index (χ2n) is 4.85. The Hall–Kier alpha value is -1.04. The smallest absolute Gasteiger partial charge is 0.222 e. The van der Waals surface area contributed by atoms with Gasteiger partial charge in [0.2, 0.25) is 5.91 Å². The monoisotopic (exact) mass is 178 g/mol. The fourth-order valence-electron chi connectivity index (χ4n) is 2.44. The number of nitrogens with one attached hydrogen (secondary N) is 1. The lowest BCUT2D eigenvalue weighted by molar-refractivity contribution is -0.146. The summed E-state index contributed by atoms with van der Waals surface area (Å²) in [5.41, 5.74) is -0.0542. The van der Waals surface area contributed by atoms with Crippen molar-refractivity contribution in [2.24, 2.45) is 11.3 Å². The van der Waals surface area contributed by atoms with Crippen LogP contribution in [0.1, 0.15) is 33.1 Å². The minimum absolute atomic E-state index is 0.0110. The highest BCUT2D eigenvalue weighted by Gasteiger charge is 2.69. The van der Waals surface area contributed by atoms with Crippen molar-refractivity contribution in [1.29, 1.82) is 5.26 Å². The van der Waals surface area contributed by atoms with Gasteiger partial charge in [-0.2, -0.15) is 5.26 Å². The lowest BCUT2D eigenvalue weighted by atomic mass is 9.40. The van der Waals surface area contributed by atoms with Crippen LogP contribution in [0.3, 0.4) is 0 Å². The molecule has 3 fully saturated rings. The van der Waals surface area contributed by atoms with Gasteiger partial charge in [0.1, 0.15) is 0 Å². The molecule has 0 spiro atoms. The zero-order chi connectivity index (χ0) is 9.69. The Morgan fingerprint density at radius 1 is 1.46 bits per heavy atom. The highest BCUT2D eigenvalue weighted by molar-refractivity contribution is 5.79. The molecule has 0 heterocycles. The van der Waals surface area contributed by atoms with Crippen LogP contribution in [0.4, 0.5) is 0 Å². The third-order valence-corrected chi connectivity index (χ3v) is 3.18. The molecule has 0 aliphatic heterocycles. The number of hydrogen-bond acceptors (Lipinski definition) is 2. The highest BCUT2D eigenvalue weighted by atomic mass is 16.2. The van der Waals surface area contributed by atoms with E-state index >= 15 is 0 Å². The summed E-state index contributed by atoms with van der Waals surface area (Å²) in [4.78, 5) is 11.4. The number of hydrogen-bond donors (Lipinski definition) is 1. The molecule has 0 aromatic rings. The van der Waals surface area contributed by atoms with E-state index < -0.39 is 0 Å². The first-order valence-electron chi connectivity index (χ1n) is 4.74. The van der Waals surface area contributed by atoms with Crippen LogP contribution in [0.5, 0.6) is 0 Å².